The number of methoxy groups -OCH3 is 4. The average Bonchev–Trinajstić information content (AvgIpc) is 3.03. The van der Waals surface area contributed by atoms with E-state index in [1.165, 1.54) is 40.6 Å². The van der Waals surface area contributed by atoms with Crippen LogP contribution in [0.15, 0.2) is 47.3 Å². The lowest BCUT2D eigenvalue weighted by Crippen LogP contribution is -2.35. The Labute approximate surface area is 257 Å². The number of ether oxygens (including phenoxy) is 8. The fourth-order valence-electron chi connectivity index (χ4n) is 3.84. The van der Waals surface area contributed by atoms with Crippen molar-refractivity contribution in [3.05, 3.63) is 57.5 Å². The van der Waals surface area contributed by atoms with Crippen molar-refractivity contribution in [2.45, 2.75) is 19.3 Å². The largest absolute Gasteiger partial charge is 0.493 e. The molecule has 0 aliphatic heterocycles. The Morgan fingerprint density at radius 2 is 1.50 bits per heavy atom. The molecule has 0 aromatic carbocycles. The number of nitrogens with zero attached hydrogens (tertiary/aromatic N) is 1. The van der Waals surface area contributed by atoms with Gasteiger partial charge in [0.25, 0.3) is 6.04 Å². The van der Waals surface area contributed by atoms with Gasteiger partial charge in [-0.1, -0.05) is 0 Å². The highest BCUT2D eigenvalue weighted by Gasteiger charge is 2.40. The number of allylic oxidation sites excluding steroid dienone is 1. The SMILES string of the molecule is COC(=O)C1C=C(OC)C(OCCOCCN)=CC1[N+](=O)[O-].COC(=O)C1C=C(OC)C(OCCOCCNB(C)O)=CC1. The summed E-state index contributed by atoms with van der Waals surface area (Å²) in [7, 11) is 4.91. The molecule has 0 radical (unpaired) electrons. The molecule has 0 saturated heterocycles. The fraction of sp³-hybridized carbons (Fsp3) is 0.630. The van der Waals surface area contributed by atoms with Gasteiger partial charge in [0.05, 0.1) is 60.8 Å². The molecule has 0 fully saturated rings. The molecule has 0 bridgehead atoms. The molecule has 16 nitrogen and oxygen atoms in total. The molecule has 4 N–H and O–H groups in total. The second kappa shape index (κ2) is 22.0. The van der Waals surface area contributed by atoms with E-state index in [0.29, 0.717) is 57.5 Å². The van der Waals surface area contributed by atoms with Gasteiger partial charge in [0.15, 0.2) is 29.0 Å². The predicted octanol–water partition coefficient (Wildman–Crippen LogP) is 0.167. The van der Waals surface area contributed by atoms with Crippen LogP contribution in [0.5, 0.6) is 0 Å². The number of esters is 2. The minimum atomic E-state index is -1.27. The summed E-state index contributed by atoms with van der Waals surface area (Å²) in [6.45, 7) is 4.79. The van der Waals surface area contributed by atoms with Crippen molar-refractivity contribution >= 4 is 19.0 Å². The fourth-order valence-corrected chi connectivity index (χ4v) is 3.84. The second-order valence-electron chi connectivity index (χ2n) is 9.10. The minimum Gasteiger partial charge on any atom is -0.493 e. The maximum atomic E-state index is 11.7. The molecule has 2 rings (SSSR count). The molecule has 3 atom stereocenters. The van der Waals surface area contributed by atoms with Crippen molar-refractivity contribution in [3.63, 3.8) is 0 Å². The minimum absolute atomic E-state index is 0.180. The van der Waals surface area contributed by atoms with Crippen molar-refractivity contribution in [1.29, 1.82) is 0 Å². The number of carbonyl (C=O) groups is 2. The summed E-state index contributed by atoms with van der Waals surface area (Å²) < 4.78 is 41.2. The summed E-state index contributed by atoms with van der Waals surface area (Å²) in [4.78, 5) is 33.7. The van der Waals surface area contributed by atoms with Crippen LogP contribution >= 0.6 is 0 Å². The molecule has 44 heavy (non-hydrogen) atoms. The maximum absolute atomic E-state index is 11.7. The van der Waals surface area contributed by atoms with E-state index >= 15 is 0 Å². The Bertz CT molecular complexity index is 1030. The Kier molecular flexibility index (Phi) is 19.2. The summed E-state index contributed by atoms with van der Waals surface area (Å²) >= 11 is 0. The quantitative estimate of drug-likeness (QED) is 0.0572. The number of nitrogens with two attached hydrogens (primary N) is 1. The highest BCUT2D eigenvalue weighted by atomic mass is 16.6. The first-order chi connectivity index (χ1) is 21.1. The van der Waals surface area contributed by atoms with Gasteiger partial charge in [-0.05, 0) is 31.5 Å². The van der Waals surface area contributed by atoms with Crippen LogP contribution in [0.2, 0.25) is 6.82 Å². The maximum Gasteiger partial charge on any atom is 0.373 e. The van der Waals surface area contributed by atoms with Crippen LogP contribution in [0.1, 0.15) is 6.42 Å². The number of hydrogen-bond donors (Lipinski definition) is 3. The number of nitrogens with one attached hydrogen (secondary N) is 1. The highest BCUT2D eigenvalue weighted by Crippen LogP contribution is 2.27. The lowest BCUT2D eigenvalue weighted by molar-refractivity contribution is -0.514. The summed E-state index contributed by atoms with van der Waals surface area (Å²) in [5.41, 5.74) is 5.28. The van der Waals surface area contributed by atoms with Crippen molar-refractivity contribution in [1.82, 2.24) is 5.23 Å². The number of rotatable bonds is 19. The first-order valence-electron chi connectivity index (χ1n) is 13.9. The van der Waals surface area contributed by atoms with E-state index in [0.717, 1.165) is 0 Å². The van der Waals surface area contributed by atoms with Crippen LogP contribution in [-0.2, 0) is 47.5 Å². The van der Waals surface area contributed by atoms with Gasteiger partial charge < -0.3 is 53.9 Å². The molecule has 17 heteroatoms. The monoisotopic (exact) mass is 629 g/mol. The normalized spacial score (nSPS) is 19.0. The van der Waals surface area contributed by atoms with E-state index in [1.807, 2.05) is 6.08 Å². The summed E-state index contributed by atoms with van der Waals surface area (Å²) in [6, 6.07) is -1.27. The van der Waals surface area contributed by atoms with Gasteiger partial charge in [0.1, 0.15) is 13.2 Å². The van der Waals surface area contributed by atoms with E-state index in [2.05, 4.69) is 9.96 Å². The molecule has 0 spiro atoms. The van der Waals surface area contributed by atoms with Gasteiger partial charge in [0.2, 0.25) is 0 Å². The molecular weight excluding hydrogens is 585 g/mol. The average molecular weight is 629 g/mol. The van der Waals surface area contributed by atoms with Gasteiger partial charge in [0, 0.05) is 24.1 Å². The Morgan fingerprint density at radius 1 is 0.909 bits per heavy atom. The molecular formula is C27H44BN3O13. The zero-order valence-corrected chi connectivity index (χ0v) is 25.9. The first-order valence-corrected chi connectivity index (χ1v) is 13.9. The molecule has 248 valence electrons. The molecule has 2 aliphatic rings. The van der Waals surface area contributed by atoms with E-state index in [4.69, 9.17) is 43.9 Å². The summed E-state index contributed by atoms with van der Waals surface area (Å²) in [5, 5.41) is 23.0. The van der Waals surface area contributed by atoms with Crippen molar-refractivity contribution in [3.8, 4) is 0 Å². The molecule has 0 saturated carbocycles. The van der Waals surface area contributed by atoms with Gasteiger partial charge >= 0.3 is 19.0 Å². The number of hydrogen-bond acceptors (Lipinski definition) is 15. The Hall–Kier alpha value is -3.64. The topological polar surface area (TPSA) is 209 Å². The zero-order valence-electron chi connectivity index (χ0n) is 25.9. The van der Waals surface area contributed by atoms with Crippen molar-refractivity contribution in [2.75, 3.05) is 81.2 Å². The molecule has 0 heterocycles. The zero-order chi connectivity index (χ0) is 32.9. The van der Waals surface area contributed by atoms with E-state index in [-0.39, 0.29) is 36.6 Å². The van der Waals surface area contributed by atoms with Crippen LogP contribution in [0.25, 0.3) is 0 Å². The van der Waals surface area contributed by atoms with E-state index in [1.54, 1.807) is 12.9 Å². The second-order valence-corrected chi connectivity index (χ2v) is 9.10. The van der Waals surface area contributed by atoms with E-state index < -0.39 is 29.9 Å². The summed E-state index contributed by atoms with van der Waals surface area (Å²) in [6.07, 6.45) is 6.61. The summed E-state index contributed by atoms with van der Waals surface area (Å²) in [5.74, 6) is -0.832. The lowest BCUT2D eigenvalue weighted by Gasteiger charge is -2.22. The number of carbonyl (C=O) groups excluding carboxylic acids is 2. The van der Waals surface area contributed by atoms with Crippen LogP contribution in [0.4, 0.5) is 0 Å². The molecule has 0 aromatic rings. The third-order valence-electron chi connectivity index (χ3n) is 6.00. The predicted molar refractivity (Wildman–Crippen MR) is 157 cm³/mol. The smallest absolute Gasteiger partial charge is 0.373 e. The molecule has 0 aromatic heterocycles. The lowest BCUT2D eigenvalue weighted by atomic mass is 9.89. The van der Waals surface area contributed by atoms with Gasteiger partial charge in [-0.15, -0.1) is 0 Å². The standard InChI is InChI=1S/C14H24BNO6.C13H20N2O7/c1-15(18)16-6-7-21-8-9-22-12-5-4-11(14(17)20-3)10-13(12)19-2;1-19-11-7-9(13(16)20-2)10(15(17)18)8-12(11)22-6-5-21-4-3-14/h5,10-11,16,18H,4,6-9H2,1-3H3;7-10H,3-6,14H2,1-2H3. The Morgan fingerprint density at radius 3 is 2.05 bits per heavy atom. The highest BCUT2D eigenvalue weighted by molar-refractivity contribution is 6.45. The molecule has 3 unspecified atom stereocenters. The van der Waals surface area contributed by atoms with Gasteiger partial charge in [-0.3, -0.25) is 19.7 Å². The molecule has 2 aliphatic carbocycles. The van der Waals surface area contributed by atoms with Crippen molar-refractivity contribution < 1.29 is 57.4 Å². The number of nitro groups is 1. The molecule has 0 amide bonds. The first kappa shape index (κ1) is 38.4. The van der Waals surface area contributed by atoms with Gasteiger partial charge in [-0.25, -0.2) is 0 Å². The van der Waals surface area contributed by atoms with Crippen LogP contribution in [0.3, 0.4) is 0 Å². The third kappa shape index (κ3) is 13.8. The Balaban J connectivity index is 0.000000440. The third-order valence-corrected chi connectivity index (χ3v) is 6.00. The van der Waals surface area contributed by atoms with Crippen molar-refractivity contribution in [2.24, 2.45) is 17.6 Å². The van der Waals surface area contributed by atoms with Crippen LogP contribution < -0.4 is 11.0 Å². The van der Waals surface area contributed by atoms with Crippen LogP contribution in [-0.4, -0.2) is 116 Å². The van der Waals surface area contributed by atoms with Gasteiger partial charge in [-0.2, -0.15) is 0 Å². The van der Waals surface area contributed by atoms with E-state index in [9.17, 15) is 19.7 Å². The van der Waals surface area contributed by atoms with Crippen LogP contribution in [0, 0.1) is 22.0 Å².